The van der Waals surface area contributed by atoms with Gasteiger partial charge in [0.2, 0.25) is 0 Å². The summed E-state index contributed by atoms with van der Waals surface area (Å²) in [5.74, 6) is 0. The Balaban J connectivity index is 2.41. The molecule has 2 unspecified atom stereocenters. The third-order valence-electron chi connectivity index (χ3n) is 1.93. The van der Waals surface area contributed by atoms with Gasteiger partial charge in [0.1, 0.15) is 6.23 Å². The van der Waals surface area contributed by atoms with Crippen LogP contribution in [0.2, 0.25) is 0 Å². The van der Waals surface area contributed by atoms with Gasteiger partial charge in [-0.3, -0.25) is 4.90 Å². The van der Waals surface area contributed by atoms with Crippen molar-refractivity contribution in [1.82, 2.24) is 4.90 Å². The zero-order valence-electron chi connectivity index (χ0n) is 6.00. The van der Waals surface area contributed by atoms with E-state index in [1.54, 1.807) is 0 Å². The van der Waals surface area contributed by atoms with Gasteiger partial charge in [0.25, 0.3) is 0 Å². The molecule has 0 spiro atoms. The molecule has 0 radical (unpaired) electrons. The SMILES string of the molecule is CC1C(N)OCCN1C. The fraction of sp³-hybridized carbons (Fsp3) is 1.00. The summed E-state index contributed by atoms with van der Waals surface area (Å²) >= 11 is 0. The number of nitrogens with two attached hydrogens (primary N) is 1. The van der Waals surface area contributed by atoms with Crippen molar-refractivity contribution in [2.45, 2.75) is 19.2 Å². The monoisotopic (exact) mass is 130 g/mol. The van der Waals surface area contributed by atoms with Crippen LogP contribution in [0.4, 0.5) is 0 Å². The van der Waals surface area contributed by atoms with Crippen molar-refractivity contribution in [1.29, 1.82) is 0 Å². The molecule has 1 aliphatic rings. The zero-order valence-corrected chi connectivity index (χ0v) is 6.00. The van der Waals surface area contributed by atoms with Crippen LogP contribution >= 0.6 is 0 Å². The van der Waals surface area contributed by atoms with Gasteiger partial charge in [0.15, 0.2) is 0 Å². The second-order valence-electron chi connectivity index (χ2n) is 2.56. The number of hydrogen-bond acceptors (Lipinski definition) is 3. The van der Waals surface area contributed by atoms with Crippen molar-refractivity contribution >= 4 is 0 Å². The fourth-order valence-corrected chi connectivity index (χ4v) is 0.926. The van der Waals surface area contributed by atoms with Gasteiger partial charge in [-0.2, -0.15) is 0 Å². The maximum Gasteiger partial charge on any atom is 0.121 e. The van der Waals surface area contributed by atoms with E-state index in [4.69, 9.17) is 10.5 Å². The van der Waals surface area contributed by atoms with E-state index in [-0.39, 0.29) is 6.23 Å². The molecule has 0 aliphatic carbocycles. The van der Waals surface area contributed by atoms with Crippen molar-refractivity contribution in [2.75, 3.05) is 20.2 Å². The molecule has 2 N–H and O–H groups in total. The van der Waals surface area contributed by atoms with E-state index >= 15 is 0 Å². The largest absolute Gasteiger partial charge is 0.361 e. The van der Waals surface area contributed by atoms with Crippen molar-refractivity contribution in [2.24, 2.45) is 5.73 Å². The van der Waals surface area contributed by atoms with E-state index in [9.17, 15) is 0 Å². The highest BCUT2D eigenvalue weighted by Gasteiger charge is 2.21. The standard InChI is InChI=1S/C6H14N2O/c1-5-6(7)9-4-3-8(5)2/h5-6H,3-4,7H2,1-2H3. The van der Waals surface area contributed by atoms with Crippen LogP contribution in [0.1, 0.15) is 6.92 Å². The minimum absolute atomic E-state index is 0.0938. The van der Waals surface area contributed by atoms with E-state index in [0.29, 0.717) is 6.04 Å². The molecular formula is C6H14N2O. The first-order valence-corrected chi connectivity index (χ1v) is 3.29. The Kier molecular flexibility index (Phi) is 2.05. The molecule has 0 aromatic rings. The maximum absolute atomic E-state index is 5.60. The minimum atomic E-state index is -0.0938. The maximum atomic E-state index is 5.60. The van der Waals surface area contributed by atoms with E-state index < -0.39 is 0 Å². The quantitative estimate of drug-likeness (QED) is 0.486. The van der Waals surface area contributed by atoms with Crippen molar-refractivity contribution in [3.63, 3.8) is 0 Å². The molecule has 3 nitrogen and oxygen atoms in total. The minimum Gasteiger partial charge on any atom is -0.361 e. The number of likely N-dealkylation sites (N-methyl/N-ethyl adjacent to an activating group) is 1. The molecule has 1 aliphatic heterocycles. The average Bonchev–Trinajstić information content (AvgIpc) is 1.83. The summed E-state index contributed by atoms with van der Waals surface area (Å²) in [6, 6.07) is 0.360. The second kappa shape index (κ2) is 2.64. The predicted molar refractivity (Wildman–Crippen MR) is 36.0 cm³/mol. The molecule has 0 saturated carbocycles. The van der Waals surface area contributed by atoms with Crippen LogP contribution in [-0.4, -0.2) is 37.4 Å². The zero-order chi connectivity index (χ0) is 6.85. The lowest BCUT2D eigenvalue weighted by molar-refractivity contribution is -0.0513. The number of nitrogens with zero attached hydrogens (tertiary/aromatic N) is 1. The summed E-state index contributed by atoms with van der Waals surface area (Å²) in [7, 11) is 2.06. The van der Waals surface area contributed by atoms with E-state index in [0.717, 1.165) is 13.2 Å². The Morgan fingerprint density at radius 2 is 2.33 bits per heavy atom. The van der Waals surface area contributed by atoms with Gasteiger partial charge < -0.3 is 10.5 Å². The molecule has 1 fully saturated rings. The highest BCUT2D eigenvalue weighted by atomic mass is 16.5. The molecule has 54 valence electrons. The third-order valence-corrected chi connectivity index (χ3v) is 1.93. The van der Waals surface area contributed by atoms with Crippen LogP contribution in [0.25, 0.3) is 0 Å². The first-order valence-electron chi connectivity index (χ1n) is 3.29. The summed E-state index contributed by atoms with van der Waals surface area (Å²) in [5, 5.41) is 0. The Morgan fingerprint density at radius 1 is 1.67 bits per heavy atom. The number of rotatable bonds is 0. The lowest BCUT2D eigenvalue weighted by atomic mass is 10.2. The van der Waals surface area contributed by atoms with Crippen molar-refractivity contribution < 1.29 is 4.74 Å². The molecule has 9 heavy (non-hydrogen) atoms. The van der Waals surface area contributed by atoms with E-state index in [1.165, 1.54) is 0 Å². The predicted octanol–water partition coefficient (Wildman–Crippen LogP) is -0.378. The number of ether oxygens (including phenoxy) is 1. The lowest BCUT2D eigenvalue weighted by Crippen LogP contribution is -2.51. The average molecular weight is 130 g/mol. The Hall–Kier alpha value is -0.120. The van der Waals surface area contributed by atoms with Crippen LogP contribution in [-0.2, 0) is 4.74 Å². The van der Waals surface area contributed by atoms with Gasteiger partial charge in [-0.05, 0) is 14.0 Å². The highest BCUT2D eigenvalue weighted by Crippen LogP contribution is 2.05. The van der Waals surface area contributed by atoms with Gasteiger partial charge in [0.05, 0.1) is 6.61 Å². The number of hydrogen-bond donors (Lipinski definition) is 1. The molecule has 1 heterocycles. The third kappa shape index (κ3) is 1.41. The Morgan fingerprint density at radius 3 is 2.78 bits per heavy atom. The molecule has 0 aromatic heterocycles. The normalized spacial score (nSPS) is 39.0. The summed E-state index contributed by atoms with van der Waals surface area (Å²) in [5.41, 5.74) is 5.60. The van der Waals surface area contributed by atoms with Crippen molar-refractivity contribution in [3.8, 4) is 0 Å². The first-order chi connectivity index (χ1) is 4.22. The molecule has 1 rings (SSSR count). The summed E-state index contributed by atoms with van der Waals surface area (Å²) < 4.78 is 5.20. The Bertz CT molecular complexity index is 87.1. The van der Waals surface area contributed by atoms with Gasteiger partial charge in [0, 0.05) is 12.6 Å². The molecule has 0 amide bonds. The second-order valence-corrected chi connectivity index (χ2v) is 2.56. The molecule has 0 bridgehead atoms. The van der Waals surface area contributed by atoms with Crippen molar-refractivity contribution in [3.05, 3.63) is 0 Å². The number of morpholine rings is 1. The summed E-state index contributed by atoms with van der Waals surface area (Å²) in [6.45, 7) is 3.83. The lowest BCUT2D eigenvalue weighted by Gasteiger charge is -2.34. The molecule has 1 saturated heterocycles. The fourth-order valence-electron chi connectivity index (χ4n) is 0.926. The van der Waals surface area contributed by atoms with Crippen LogP contribution in [0, 0.1) is 0 Å². The highest BCUT2D eigenvalue weighted by molar-refractivity contribution is 4.72. The Labute approximate surface area is 55.8 Å². The van der Waals surface area contributed by atoms with Gasteiger partial charge in [-0.15, -0.1) is 0 Å². The summed E-state index contributed by atoms with van der Waals surface area (Å²) in [4.78, 5) is 2.20. The van der Waals surface area contributed by atoms with E-state index in [2.05, 4.69) is 18.9 Å². The smallest absolute Gasteiger partial charge is 0.121 e. The molecule has 3 heteroatoms. The van der Waals surface area contributed by atoms with E-state index in [1.807, 2.05) is 0 Å². The topological polar surface area (TPSA) is 38.5 Å². The van der Waals surface area contributed by atoms with Crippen LogP contribution < -0.4 is 5.73 Å². The van der Waals surface area contributed by atoms with Crippen LogP contribution in [0.15, 0.2) is 0 Å². The summed E-state index contributed by atoms with van der Waals surface area (Å²) in [6.07, 6.45) is -0.0938. The molecule has 2 atom stereocenters. The van der Waals surface area contributed by atoms with Crippen LogP contribution in [0.5, 0.6) is 0 Å². The molecular weight excluding hydrogens is 116 g/mol. The van der Waals surface area contributed by atoms with Crippen LogP contribution in [0.3, 0.4) is 0 Å². The van der Waals surface area contributed by atoms with Gasteiger partial charge in [-0.25, -0.2) is 0 Å². The van der Waals surface area contributed by atoms with Gasteiger partial charge in [-0.1, -0.05) is 0 Å². The first kappa shape index (κ1) is 6.99. The molecule has 0 aromatic carbocycles. The van der Waals surface area contributed by atoms with Gasteiger partial charge >= 0.3 is 0 Å².